The van der Waals surface area contributed by atoms with Crippen LogP contribution in [0, 0.1) is 11.6 Å². The molecule has 0 aliphatic carbocycles. The maximum Gasteiger partial charge on any atom is 0.258 e. The number of hydrogen-bond donors (Lipinski definition) is 1. The predicted molar refractivity (Wildman–Crippen MR) is 93.4 cm³/mol. The van der Waals surface area contributed by atoms with Gasteiger partial charge < -0.3 is 4.74 Å². The zero-order valence-electron chi connectivity index (χ0n) is 12.8. The highest BCUT2D eigenvalue weighted by Gasteiger charge is 2.14. The first-order chi connectivity index (χ1) is 12.0. The second kappa shape index (κ2) is 7.16. The third-order valence-electron chi connectivity index (χ3n) is 3.35. The van der Waals surface area contributed by atoms with E-state index in [0.717, 1.165) is 12.1 Å². The van der Waals surface area contributed by atoms with Crippen LogP contribution in [0.4, 0.5) is 13.9 Å². The molecule has 8 heteroatoms. The van der Waals surface area contributed by atoms with Crippen molar-refractivity contribution in [1.29, 1.82) is 0 Å². The minimum absolute atomic E-state index is 0.00602. The molecular weight excluding hydrogens is 370 g/mol. The van der Waals surface area contributed by atoms with Gasteiger partial charge in [-0.2, -0.15) is 0 Å². The fraction of sp³-hybridized carbons (Fsp3) is 0.0588. The average molecular weight is 381 g/mol. The molecule has 2 aromatic carbocycles. The van der Waals surface area contributed by atoms with Gasteiger partial charge in [-0.05, 0) is 36.4 Å². The highest BCUT2D eigenvalue weighted by Crippen LogP contribution is 2.29. The van der Waals surface area contributed by atoms with Crippen molar-refractivity contribution in [3.8, 4) is 17.0 Å². The standard InChI is InChI=1S/C17H11ClF2N2O2S/c1-24-15-5-2-9(6-13(15)20)14-8-25-17(21-14)22-16(23)11-4-3-10(19)7-12(11)18/h2-8H,1H3,(H,21,22,23). The normalized spacial score (nSPS) is 10.6. The summed E-state index contributed by atoms with van der Waals surface area (Å²) in [6.07, 6.45) is 0. The van der Waals surface area contributed by atoms with Crippen molar-refractivity contribution in [2.75, 3.05) is 12.4 Å². The predicted octanol–water partition coefficient (Wildman–Crippen LogP) is 5.00. The van der Waals surface area contributed by atoms with Gasteiger partial charge in [-0.25, -0.2) is 13.8 Å². The van der Waals surface area contributed by atoms with Crippen LogP contribution in [-0.4, -0.2) is 18.0 Å². The van der Waals surface area contributed by atoms with Gasteiger partial charge in [-0.15, -0.1) is 11.3 Å². The first-order valence-electron chi connectivity index (χ1n) is 7.04. The molecule has 1 N–H and O–H groups in total. The Morgan fingerprint density at radius 2 is 2.04 bits per heavy atom. The number of anilines is 1. The molecule has 0 bridgehead atoms. The Hall–Kier alpha value is -2.51. The molecule has 0 fully saturated rings. The highest BCUT2D eigenvalue weighted by molar-refractivity contribution is 7.14. The summed E-state index contributed by atoms with van der Waals surface area (Å²) >= 11 is 7.04. The number of nitrogens with zero attached hydrogens (tertiary/aromatic N) is 1. The summed E-state index contributed by atoms with van der Waals surface area (Å²) in [6.45, 7) is 0. The molecule has 4 nitrogen and oxygen atoms in total. The number of amides is 1. The van der Waals surface area contributed by atoms with E-state index in [1.807, 2.05) is 0 Å². The van der Waals surface area contributed by atoms with Gasteiger partial charge in [0.15, 0.2) is 16.7 Å². The summed E-state index contributed by atoms with van der Waals surface area (Å²) in [4.78, 5) is 16.5. The third-order valence-corrected chi connectivity index (χ3v) is 4.42. The van der Waals surface area contributed by atoms with Crippen LogP contribution in [0.1, 0.15) is 10.4 Å². The smallest absolute Gasteiger partial charge is 0.258 e. The van der Waals surface area contributed by atoms with Crippen molar-refractivity contribution in [2.45, 2.75) is 0 Å². The zero-order chi connectivity index (χ0) is 18.0. The lowest BCUT2D eigenvalue weighted by Gasteiger charge is -2.04. The maximum atomic E-state index is 13.8. The summed E-state index contributed by atoms with van der Waals surface area (Å²) in [7, 11) is 1.38. The Morgan fingerprint density at radius 1 is 1.24 bits per heavy atom. The van der Waals surface area contributed by atoms with Crippen LogP contribution in [0.25, 0.3) is 11.3 Å². The van der Waals surface area contributed by atoms with Crippen LogP contribution in [-0.2, 0) is 0 Å². The monoisotopic (exact) mass is 380 g/mol. The number of carbonyl (C=O) groups excluding carboxylic acids is 1. The minimum atomic E-state index is -0.528. The molecule has 1 aromatic heterocycles. The van der Waals surface area contributed by atoms with Crippen LogP contribution in [0.15, 0.2) is 41.8 Å². The highest BCUT2D eigenvalue weighted by atomic mass is 35.5. The lowest BCUT2D eigenvalue weighted by atomic mass is 10.1. The number of carbonyl (C=O) groups is 1. The van der Waals surface area contributed by atoms with Crippen LogP contribution >= 0.6 is 22.9 Å². The molecular formula is C17H11ClF2N2O2S. The first kappa shape index (κ1) is 17.3. The summed E-state index contributed by atoms with van der Waals surface area (Å²) in [5.74, 6) is -1.40. The minimum Gasteiger partial charge on any atom is -0.494 e. The van der Waals surface area contributed by atoms with E-state index >= 15 is 0 Å². The molecule has 0 aliphatic heterocycles. The van der Waals surface area contributed by atoms with E-state index in [1.165, 1.54) is 36.6 Å². The largest absolute Gasteiger partial charge is 0.494 e. The lowest BCUT2D eigenvalue weighted by molar-refractivity contribution is 0.102. The van der Waals surface area contributed by atoms with E-state index in [9.17, 15) is 13.6 Å². The number of ether oxygens (including phenoxy) is 1. The van der Waals surface area contributed by atoms with Gasteiger partial charge in [-0.1, -0.05) is 11.6 Å². The molecule has 0 saturated carbocycles. The lowest BCUT2D eigenvalue weighted by Crippen LogP contribution is -2.12. The van der Waals surface area contributed by atoms with E-state index in [1.54, 1.807) is 11.4 Å². The number of aromatic nitrogens is 1. The third kappa shape index (κ3) is 3.78. The Kier molecular flexibility index (Phi) is 4.96. The molecule has 0 saturated heterocycles. The van der Waals surface area contributed by atoms with Gasteiger partial charge >= 0.3 is 0 Å². The molecule has 0 unspecified atom stereocenters. The summed E-state index contributed by atoms with van der Waals surface area (Å²) in [6, 6.07) is 7.97. The summed E-state index contributed by atoms with van der Waals surface area (Å²) < 4.78 is 31.7. The molecule has 0 atom stereocenters. The Bertz CT molecular complexity index is 946. The molecule has 128 valence electrons. The zero-order valence-corrected chi connectivity index (χ0v) is 14.4. The van der Waals surface area contributed by atoms with Gasteiger partial charge in [0.25, 0.3) is 5.91 Å². The average Bonchev–Trinajstić information content (AvgIpc) is 3.03. The Morgan fingerprint density at radius 3 is 2.72 bits per heavy atom. The first-order valence-corrected chi connectivity index (χ1v) is 8.29. The van der Waals surface area contributed by atoms with Crippen LogP contribution < -0.4 is 10.1 Å². The van der Waals surface area contributed by atoms with Gasteiger partial charge in [0.2, 0.25) is 0 Å². The van der Waals surface area contributed by atoms with Crippen molar-refractivity contribution in [1.82, 2.24) is 4.98 Å². The van der Waals surface area contributed by atoms with Crippen molar-refractivity contribution < 1.29 is 18.3 Å². The van der Waals surface area contributed by atoms with Crippen molar-refractivity contribution in [2.24, 2.45) is 0 Å². The van der Waals surface area contributed by atoms with Gasteiger partial charge in [0, 0.05) is 10.9 Å². The van der Waals surface area contributed by atoms with Crippen molar-refractivity contribution in [3.05, 3.63) is 64.0 Å². The number of thiazole rings is 1. The molecule has 3 aromatic rings. The molecule has 0 radical (unpaired) electrons. The Labute approximate surface area is 151 Å². The van der Waals surface area contributed by atoms with Crippen LogP contribution in [0.3, 0.4) is 0 Å². The molecule has 0 aliphatic rings. The molecule has 0 spiro atoms. The number of hydrogen-bond acceptors (Lipinski definition) is 4. The summed E-state index contributed by atoms with van der Waals surface area (Å²) in [5.41, 5.74) is 1.19. The molecule has 1 heterocycles. The number of rotatable bonds is 4. The molecule has 1 amide bonds. The number of benzene rings is 2. The molecule has 25 heavy (non-hydrogen) atoms. The second-order valence-corrected chi connectivity index (χ2v) is 6.23. The number of nitrogens with one attached hydrogen (secondary N) is 1. The topological polar surface area (TPSA) is 51.2 Å². The van der Waals surface area contributed by atoms with Gasteiger partial charge in [0.1, 0.15) is 5.82 Å². The SMILES string of the molecule is COc1ccc(-c2csc(NC(=O)c3ccc(F)cc3Cl)n2)cc1F. The van der Waals surface area contributed by atoms with E-state index in [4.69, 9.17) is 16.3 Å². The van der Waals surface area contributed by atoms with E-state index in [-0.39, 0.29) is 16.3 Å². The van der Waals surface area contributed by atoms with E-state index < -0.39 is 17.5 Å². The quantitative estimate of drug-likeness (QED) is 0.692. The fourth-order valence-electron chi connectivity index (χ4n) is 2.13. The van der Waals surface area contributed by atoms with Gasteiger partial charge in [-0.3, -0.25) is 10.1 Å². The van der Waals surface area contributed by atoms with Crippen molar-refractivity contribution in [3.63, 3.8) is 0 Å². The van der Waals surface area contributed by atoms with Gasteiger partial charge in [0.05, 0.1) is 23.4 Å². The maximum absolute atomic E-state index is 13.8. The van der Waals surface area contributed by atoms with E-state index in [0.29, 0.717) is 16.4 Å². The number of methoxy groups -OCH3 is 1. The van der Waals surface area contributed by atoms with Crippen LogP contribution in [0.2, 0.25) is 5.02 Å². The second-order valence-electron chi connectivity index (χ2n) is 4.97. The molecule has 3 rings (SSSR count). The van der Waals surface area contributed by atoms with Crippen molar-refractivity contribution >= 4 is 34.0 Å². The van der Waals surface area contributed by atoms with E-state index in [2.05, 4.69) is 10.3 Å². The van der Waals surface area contributed by atoms with Crippen LogP contribution in [0.5, 0.6) is 5.75 Å². The summed E-state index contributed by atoms with van der Waals surface area (Å²) in [5, 5.41) is 4.59. The Balaban J connectivity index is 1.79. The fourth-order valence-corrected chi connectivity index (χ4v) is 3.10. The number of halogens is 3.